The third kappa shape index (κ3) is 2.49. The van der Waals surface area contributed by atoms with Crippen molar-refractivity contribution in [2.24, 2.45) is 0 Å². The number of rotatable bonds is 3. The molecule has 0 aliphatic heterocycles. The minimum atomic E-state index is -2.25. The van der Waals surface area contributed by atoms with Crippen molar-refractivity contribution in [3.63, 3.8) is 0 Å². The van der Waals surface area contributed by atoms with Crippen molar-refractivity contribution >= 4 is 0 Å². The third-order valence-corrected chi connectivity index (χ3v) is 2.76. The number of halogens is 5. The van der Waals surface area contributed by atoms with Crippen LogP contribution in [0.25, 0.3) is 0 Å². The molecule has 0 aliphatic rings. The van der Waals surface area contributed by atoms with Crippen LogP contribution >= 0.6 is 0 Å². The highest BCUT2D eigenvalue weighted by Crippen LogP contribution is 2.29. The highest BCUT2D eigenvalue weighted by Gasteiger charge is 2.29. The van der Waals surface area contributed by atoms with Crippen LogP contribution < -0.4 is 0 Å². The molecule has 1 aromatic carbocycles. The van der Waals surface area contributed by atoms with Crippen molar-refractivity contribution in [2.75, 3.05) is 0 Å². The number of hydrogen-bond acceptors (Lipinski definition) is 2. The molecular weight excluding hydrogens is 281 g/mol. The monoisotopic (exact) mass is 289 g/mol. The number of pyridine rings is 1. The van der Waals surface area contributed by atoms with E-state index in [0.717, 1.165) is 0 Å². The van der Waals surface area contributed by atoms with E-state index in [9.17, 15) is 27.1 Å². The van der Waals surface area contributed by atoms with Crippen LogP contribution in [0.3, 0.4) is 0 Å². The first kappa shape index (κ1) is 14.4. The van der Waals surface area contributed by atoms with E-state index in [-0.39, 0.29) is 6.42 Å². The average molecular weight is 289 g/mol. The molecule has 2 aromatic rings. The summed E-state index contributed by atoms with van der Waals surface area (Å²) in [6.07, 6.45) is 0.587. The summed E-state index contributed by atoms with van der Waals surface area (Å²) in [6, 6.07) is 2.91. The molecule has 1 heterocycles. The summed E-state index contributed by atoms with van der Waals surface area (Å²) in [5.41, 5.74) is -0.797. The Hall–Kier alpha value is -2.02. The second-order valence-electron chi connectivity index (χ2n) is 4.06. The van der Waals surface area contributed by atoms with E-state index < -0.39 is 40.8 Å². The van der Waals surface area contributed by atoms with E-state index in [1.807, 2.05) is 0 Å². The maximum Gasteiger partial charge on any atom is 0.200 e. The largest absolute Gasteiger partial charge is 0.388 e. The van der Waals surface area contributed by atoms with Crippen LogP contribution in [-0.2, 0) is 6.42 Å². The van der Waals surface area contributed by atoms with Gasteiger partial charge in [0.1, 0.15) is 0 Å². The summed E-state index contributed by atoms with van der Waals surface area (Å²) in [6.45, 7) is 0. The lowest BCUT2D eigenvalue weighted by Crippen LogP contribution is -2.13. The van der Waals surface area contributed by atoms with Gasteiger partial charge in [0.25, 0.3) is 0 Å². The molecular formula is C13H8F5NO. The van der Waals surface area contributed by atoms with Gasteiger partial charge in [0, 0.05) is 18.8 Å². The van der Waals surface area contributed by atoms with Gasteiger partial charge in [-0.1, -0.05) is 0 Å². The molecule has 0 fully saturated rings. The zero-order valence-corrected chi connectivity index (χ0v) is 9.88. The Morgan fingerprint density at radius 2 is 1.30 bits per heavy atom. The van der Waals surface area contributed by atoms with Crippen LogP contribution in [0.15, 0.2) is 24.5 Å². The number of hydrogen-bond donors (Lipinski definition) is 1. The first-order valence-corrected chi connectivity index (χ1v) is 5.51. The predicted octanol–water partition coefficient (Wildman–Crippen LogP) is 3.05. The lowest BCUT2D eigenvalue weighted by molar-refractivity contribution is 0.163. The lowest BCUT2D eigenvalue weighted by atomic mass is 10.0. The zero-order chi connectivity index (χ0) is 14.9. The van der Waals surface area contributed by atoms with Crippen molar-refractivity contribution in [1.29, 1.82) is 0 Å². The summed E-state index contributed by atoms with van der Waals surface area (Å²) >= 11 is 0. The van der Waals surface area contributed by atoms with Gasteiger partial charge in [-0.2, -0.15) is 0 Å². The van der Waals surface area contributed by atoms with Crippen molar-refractivity contribution in [3.05, 3.63) is 64.7 Å². The Labute approximate surface area is 110 Å². The molecule has 1 atom stereocenters. The lowest BCUT2D eigenvalue weighted by Gasteiger charge is -2.14. The standard InChI is InChI=1S/C13H8F5NO/c14-9-8(10(15)12(17)13(18)11(9)16)7(20)5-6-1-3-19-4-2-6/h1-4,7,20H,5H2. The van der Waals surface area contributed by atoms with Crippen molar-refractivity contribution in [3.8, 4) is 0 Å². The number of nitrogens with zero attached hydrogens (tertiary/aromatic N) is 1. The van der Waals surface area contributed by atoms with Crippen LogP contribution in [-0.4, -0.2) is 10.1 Å². The van der Waals surface area contributed by atoms with Gasteiger partial charge in [-0.05, 0) is 17.7 Å². The molecule has 0 aliphatic carbocycles. The second kappa shape index (κ2) is 5.54. The van der Waals surface area contributed by atoms with Gasteiger partial charge in [0.2, 0.25) is 5.82 Å². The number of benzene rings is 1. The highest BCUT2D eigenvalue weighted by atomic mass is 19.2. The van der Waals surface area contributed by atoms with Crippen molar-refractivity contribution < 1.29 is 27.1 Å². The maximum absolute atomic E-state index is 13.5. The summed E-state index contributed by atoms with van der Waals surface area (Å²) < 4.78 is 65.8. The molecule has 0 bridgehead atoms. The van der Waals surface area contributed by atoms with Crippen LogP contribution in [0, 0.1) is 29.1 Å². The van der Waals surface area contributed by atoms with E-state index in [1.165, 1.54) is 24.5 Å². The van der Waals surface area contributed by atoms with E-state index in [4.69, 9.17) is 0 Å². The van der Waals surface area contributed by atoms with E-state index >= 15 is 0 Å². The molecule has 0 amide bonds. The molecule has 1 unspecified atom stereocenters. The fourth-order valence-electron chi connectivity index (χ4n) is 1.76. The molecule has 2 nitrogen and oxygen atoms in total. The first-order valence-electron chi connectivity index (χ1n) is 5.51. The molecule has 7 heteroatoms. The molecule has 1 N–H and O–H groups in total. The maximum atomic E-state index is 13.5. The zero-order valence-electron chi connectivity index (χ0n) is 9.88. The molecule has 2 rings (SSSR count). The van der Waals surface area contributed by atoms with Gasteiger partial charge in [0.05, 0.1) is 11.7 Å². The minimum absolute atomic E-state index is 0.305. The fourth-order valence-corrected chi connectivity index (χ4v) is 1.76. The average Bonchev–Trinajstić information content (AvgIpc) is 2.44. The highest BCUT2D eigenvalue weighted by molar-refractivity contribution is 5.27. The number of aliphatic hydroxyl groups is 1. The van der Waals surface area contributed by atoms with Crippen molar-refractivity contribution in [2.45, 2.75) is 12.5 Å². The first-order chi connectivity index (χ1) is 9.43. The van der Waals surface area contributed by atoms with Gasteiger partial charge < -0.3 is 5.11 Å². The normalized spacial score (nSPS) is 12.5. The molecule has 0 saturated carbocycles. The predicted molar refractivity (Wildman–Crippen MR) is 59.1 cm³/mol. The van der Waals surface area contributed by atoms with Gasteiger partial charge in [-0.25, -0.2) is 22.0 Å². The SMILES string of the molecule is OC(Cc1ccncc1)c1c(F)c(F)c(F)c(F)c1F. The van der Waals surface area contributed by atoms with Gasteiger partial charge in [0.15, 0.2) is 23.3 Å². The Kier molecular flexibility index (Phi) is 3.99. The third-order valence-electron chi connectivity index (χ3n) is 2.76. The molecule has 0 spiro atoms. The van der Waals surface area contributed by atoms with Crippen molar-refractivity contribution in [1.82, 2.24) is 4.98 Å². The fraction of sp³-hybridized carbons (Fsp3) is 0.154. The molecule has 106 valence electrons. The van der Waals surface area contributed by atoms with Gasteiger partial charge >= 0.3 is 0 Å². The molecule has 1 aromatic heterocycles. The molecule has 20 heavy (non-hydrogen) atoms. The number of aromatic nitrogens is 1. The molecule has 0 saturated heterocycles. The van der Waals surface area contributed by atoms with Crippen LogP contribution in [0.5, 0.6) is 0 Å². The van der Waals surface area contributed by atoms with Gasteiger partial charge in [-0.3, -0.25) is 4.98 Å². The molecule has 0 radical (unpaired) electrons. The summed E-state index contributed by atoms with van der Waals surface area (Å²) in [5.74, 6) is -10.5. The summed E-state index contributed by atoms with van der Waals surface area (Å²) in [5, 5.41) is 9.72. The van der Waals surface area contributed by atoms with Crippen LogP contribution in [0.1, 0.15) is 17.2 Å². The van der Waals surface area contributed by atoms with Gasteiger partial charge in [-0.15, -0.1) is 0 Å². The minimum Gasteiger partial charge on any atom is -0.388 e. The Morgan fingerprint density at radius 3 is 1.80 bits per heavy atom. The Balaban J connectivity index is 2.42. The summed E-state index contributed by atoms with van der Waals surface area (Å²) in [4.78, 5) is 3.70. The topological polar surface area (TPSA) is 33.1 Å². The quantitative estimate of drug-likeness (QED) is 0.535. The second-order valence-corrected chi connectivity index (χ2v) is 4.06. The van der Waals surface area contributed by atoms with E-state index in [0.29, 0.717) is 5.56 Å². The van der Waals surface area contributed by atoms with Crippen LogP contribution in [0.4, 0.5) is 22.0 Å². The number of aliphatic hydroxyl groups excluding tert-OH is 1. The Bertz CT molecular complexity index is 603. The Morgan fingerprint density at radius 1 is 0.850 bits per heavy atom. The smallest absolute Gasteiger partial charge is 0.200 e. The summed E-state index contributed by atoms with van der Waals surface area (Å²) in [7, 11) is 0. The van der Waals surface area contributed by atoms with E-state index in [1.54, 1.807) is 0 Å². The van der Waals surface area contributed by atoms with Crippen LogP contribution in [0.2, 0.25) is 0 Å². The van der Waals surface area contributed by atoms with E-state index in [2.05, 4.69) is 4.98 Å².